The molecule has 0 saturated heterocycles. The fraction of sp³-hybridized carbons (Fsp3) is 0.375. The van der Waals surface area contributed by atoms with Crippen molar-refractivity contribution < 1.29 is 4.79 Å². The molecule has 3 heterocycles. The van der Waals surface area contributed by atoms with Gasteiger partial charge in [-0.2, -0.15) is 0 Å². The van der Waals surface area contributed by atoms with Crippen LogP contribution >= 0.6 is 22.9 Å². The SMILES string of the molecule is CCC1c2ccsc2CCN1C(=O)c1cc(C)nc(Cl)c1. The van der Waals surface area contributed by atoms with Crippen molar-refractivity contribution in [1.82, 2.24) is 9.88 Å². The Morgan fingerprint density at radius 1 is 1.52 bits per heavy atom. The van der Waals surface area contributed by atoms with Crippen LogP contribution in [0.1, 0.15) is 45.9 Å². The molecule has 0 aromatic carbocycles. The minimum absolute atomic E-state index is 0.0473. The third-order valence-corrected chi connectivity index (χ3v) is 5.10. The number of nitrogens with zero attached hydrogens (tertiary/aromatic N) is 2. The van der Waals surface area contributed by atoms with E-state index in [0.717, 1.165) is 25.1 Å². The minimum Gasteiger partial charge on any atom is -0.331 e. The van der Waals surface area contributed by atoms with Crippen LogP contribution in [0.4, 0.5) is 0 Å². The second-order valence-corrected chi connectivity index (χ2v) is 6.68. The summed E-state index contributed by atoms with van der Waals surface area (Å²) >= 11 is 7.78. The number of carbonyl (C=O) groups excluding carboxylic acids is 1. The maximum atomic E-state index is 12.8. The number of aromatic nitrogens is 1. The van der Waals surface area contributed by atoms with Gasteiger partial charge in [0.05, 0.1) is 6.04 Å². The maximum Gasteiger partial charge on any atom is 0.254 e. The Morgan fingerprint density at radius 2 is 2.33 bits per heavy atom. The molecule has 0 aliphatic carbocycles. The van der Waals surface area contributed by atoms with Gasteiger partial charge in [-0.1, -0.05) is 18.5 Å². The van der Waals surface area contributed by atoms with Crippen LogP contribution in [0.15, 0.2) is 23.6 Å². The summed E-state index contributed by atoms with van der Waals surface area (Å²) in [6.45, 7) is 4.75. The third-order valence-electron chi connectivity index (χ3n) is 3.91. The van der Waals surface area contributed by atoms with Gasteiger partial charge in [0, 0.05) is 22.7 Å². The topological polar surface area (TPSA) is 33.2 Å². The van der Waals surface area contributed by atoms with Gasteiger partial charge in [-0.05, 0) is 48.9 Å². The van der Waals surface area contributed by atoms with Crippen molar-refractivity contribution in [2.45, 2.75) is 32.7 Å². The summed E-state index contributed by atoms with van der Waals surface area (Å²) in [6.07, 6.45) is 1.86. The molecule has 1 aliphatic rings. The van der Waals surface area contributed by atoms with Crippen LogP contribution in [0.2, 0.25) is 5.15 Å². The Morgan fingerprint density at radius 3 is 3.05 bits per heavy atom. The van der Waals surface area contributed by atoms with Gasteiger partial charge in [-0.15, -0.1) is 11.3 Å². The molecule has 3 nitrogen and oxygen atoms in total. The van der Waals surface area contributed by atoms with Crippen LogP contribution in [0.25, 0.3) is 0 Å². The lowest BCUT2D eigenvalue weighted by molar-refractivity contribution is 0.0657. The molecule has 21 heavy (non-hydrogen) atoms. The van der Waals surface area contributed by atoms with Crippen LogP contribution in [-0.2, 0) is 6.42 Å². The van der Waals surface area contributed by atoms with E-state index in [1.54, 1.807) is 17.4 Å². The molecule has 1 unspecified atom stereocenters. The lowest BCUT2D eigenvalue weighted by atomic mass is 9.97. The zero-order valence-corrected chi connectivity index (χ0v) is 13.7. The van der Waals surface area contributed by atoms with E-state index in [4.69, 9.17) is 11.6 Å². The number of rotatable bonds is 2. The van der Waals surface area contributed by atoms with Gasteiger partial charge in [0.15, 0.2) is 0 Å². The van der Waals surface area contributed by atoms with E-state index >= 15 is 0 Å². The average Bonchev–Trinajstić information content (AvgIpc) is 2.92. The Kier molecular flexibility index (Phi) is 4.00. The molecule has 0 saturated carbocycles. The molecule has 0 radical (unpaired) electrons. The number of pyridine rings is 1. The van der Waals surface area contributed by atoms with Gasteiger partial charge in [0.1, 0.15) is 5.15 Å². The molecule has 0 fully saturated rings. The van der Waals surface area contributed by atoms with Crippen LogP contribution in [0, 0.1) is 6.92 Å². The van der Waals surface area contributed by atoms with E-state index in [1.807, 2.05) is 17.9 Å². The van der Waals surface area contributed by atoms with Crippen molar-refractivity contribution in [3.63, 3.8) is 0 Å². The lowest BCUT2D eigenvalue weighted by Crippen LogP contribution is -2.39. The minimum atomic E-state index is 0.0473. The molecular formula is C16H17ClN2OS. The second kappa shape index (κ2) is 5.78. The number of halogens is 1. The lowest BCUT2D eigenvalue weighted by Gasteiger charge is -2.35. The first-order valence-electron chi connectivity index (χ1n) is 7.11. The molecule has 1 aliphatic heterocycles. The monoisotopic (exact) mass is 320 g/mol. The van der Waals surface area contributed by atoms with E-state index in [0.29, 0.717) is 10.7 Å². The summed E-state index contributed by atoms with van der Waals surface area (Å²) in [7, 11) is 0. The highest BCUT2D eigenvalue weighted by atomic mass is 35.5. The first-order valence-corrected chi connectivity index (χ1v) is 8.37. The van der Waals surface area contributed by atoms with Crippen molar-refractivity contribution in [3.8, 4) is 0 Å². The number of aryl methyl sites for hydroxylation is 1. The number of hydrogen-bond acceptors (Lipinski definition) is 3. The third kappa shape index (κ3) is 2.70. The Bertz CT molecular complexity index is 662. The summed E-state index contributed by atoms with van der Waals surface area (Å²) in [5, 5.41) is 2.49. The maximum absolute atomic E-state index is 12.8. The molecule has 0 N–H and O–H groups in total. The molecule has 5 heteroatoms. The number of amides is 1. The van der Waals surface area contributed by atoms with Gasteiger partial charge in [0.25, 0.3) is 5.91 Å². The fourth-order valence-electron chi connectivity index (χ4n) is 3.00. The van der Waals surface area contributed by atoms with E-state index in [-0.39, 0.29) is 11.9 Å². The summed E-state index contributed by atoms with van der Waals surface area (Å²) in [6, 6.07) is 5.79. The second-order valence-electron chi connectivity index (χ2n) is 5.29. The van der Waals surface area contributed by atoms with Gasteiger partial charge in [0.2, 0.25) is 0 Å². The molecule has 110 valence electrons. The number of thiophene rings is 1. The first-order chi connectivity index (χ1) is 10.1. The van der Waals surface area contributed by atoms with Gasteiger partial charge < -0.3 is 4.90 Å². The summed E-state index contributed by atoms with van der Waals surface area (Å²) in [5.74, 6) is 0.0473. The predicted octanol–water partition coefficient (Wildman–Crippen LogP) is 4.25. The van der Waals surface area contributed by atoms with Crippen molar-refractivity contribution >= 4 is 28.8 Å². The zero-order chi connectivity index (χ0) is 15.0. The highest BCUT2D eigenvalue weighted by molar-refractivity contribution is 7.10. The zero-order valence-electron chi connectivity index (χ0n) is 12.1. The summed E-state index contributed by atoms with van der Waals surface area (Å²) in [5.41, 5.74) is 2.70. The van der Waals surface area contributed by atoms with Crippen molar-refractivity contribution in [1.29, 1.82) is 0 Å². The Hall–Kier alpha value is -1.39. The number of hydrogen-bond donors (Lipinski definition) is 0. The van der Waals surface area contributed by atoms with E-state index < -0.39 is 0 Å². The van der Waals surface area contributed by atoms with Crippen LogP contribution < -0.4 is 0 Å². The standard InChI is InChI=1S/C16H17ClN2OS/c1-3-13-12-5-7-21-14(12)4-6-19(13)16(20)11-8-10(2)18-15(17)9-11/h5,7-9,13H,3-4,6H2,1-2H3. The van der Waals surface area contributed by atoms with E-state index in [9.17, 15) is 4.79 Å². The van der Waals surface area contributed by atoms with Crippen molar-refractivity contribution in [3.05, 3.63) is 50.4 Å². The average molecular weight is 321 g/mol. The molecule has 1 amide bonds. The molecule has 3 rings (SSSR count). The first kappa shape index (κ1) is 14.5. The fourth-order valence-corrected chi connectivity index (χ4v) is 4.18. The van der Waals surface area contributed by atoms with Gasteiger partial charge >= 0.3 is 0 Å². The van der Waals surface area contributed by atoms with E-state index in [1.165, 1.54) is 10.4 Å². The van der Waals surface area contributed by atoms with E-state index in [2.05, 4.69) is 23.4 Å². The summed E-state index contributed by atoms with van der Waals surface area (Å²) in [4.78, 5) is 20.4. The number of carbonyl (C=O) groups is 1. The Labute approximate surface area is 133 Å². The van der Waals surface area contributed by atoms with Crippen LogP contribution in [0.5, 0.6) is 0 Å². The highest BCUT2D eigenvalue weighted by Gasteiger charge is 2.31. The predicted molar refractivity (Wildman–Crippen MR) is 86.1 cm³/mol. The molecule has 2 aromatic heterocycles. The Balaban J connectivity index is 1.94. The van der Waals surface area contributed by atoms with Crippen molar-refractivity contribution in [2.24, 2.45) is 0 Å². The number of fused-ring (bicyclic) bond motifs is 1. The molecule has 0 bridgehead atoms. The van der Waals surface area contributed by atoms with Crippen LogP contribution in [0.3, 0.4) is 0 Å². The molecule has 0 spiro atoms. The highest BCUT2D eigenvalue weighted by Crippen LogP contribution is 2.36. The quantitative estimate of drug-likeness (QED) is 0.775. The van der Waals surface area contributed by atoms with Crippen LogP contribution in [-0.4, -0.2) is 22.3 Å². The molecular weight excluding hydrogens is 304 g/mol. The normalized spacial score (nSPS) is 17.7. The smallest absolute Gasteiger partial charge is 0.254 e. The largest absolute Gasteiger partial charge is 0.331 e. The molecule has 1 atom stereocenters. The van der Waals surface area contributed by atoms with Gasteiger partial charge in [-0.3, -0.25) is 4.79 Å². The van der Waals surface area contributed by atoms with Gasteiger partial charge in [-0.25, -0.2) is 4.98 Å². The van der Waals surface area contributed by atoms with Crippen molar-refractivity contribution in [2.75, 3.05) is 6.54 Å². The summed E-state index contributed by atoms with van der Waals surface area (Å²) < 4.78 is 0. The molecule has 2 aromatic rings.